The predicted octanol–water partition coefficient (Wildman–Crippen LogP) is 4.02. The maximum absolute atomic E-state index is 9.33. The summed E-state index contributed by atoms with van der Waals surface area (Å²) in [5.41, 5.74) is 3.36. The van der Waals surface area contributed by atoms with Gasteiger partial charge in [-0.25, -0.2) is 0 Å². The van der Waals surface area contributed by atoms with Crippen LogP contribution in [0, 0.1) is 6.92 Å². The molecule has 0 fully saturated rings. The Balaban J connectivity index is 2.55. The smallest absolute Gasteiger partial charge is 0.134 e. The third kappa shape index (κ3) is 1.97. The normalized spacial score (nSPS) is 10.3. The highest BCUT2D eigenvalue weighted by Crippen LogP contribution is 2.30. The zero-order valence-electron chi connectivity index (χ0n) is 8.37. The third-order valence-electron chi connectivity index (χ3n) is 2.40. The second kappa shape index (κ2) is 3.95. The lowest BCUT2D eigenvalue weighted by Gasteiger charge is -2.06. The van der Waals surface area contributed by atoms with Gasteiger partial charge in [-0.1, -0.05) is 41.9 Å². The first-order valence-corrected chi connectivity index (χ1v) is 5.11. The molecule has 1 nitrogen and oxygen atoms in total. The van der Waals surface area contributed by atoms with E-state index in [2.05, 4.69) is 13.0 Å². The maximum atomic E-state index is 9.33. The van der Waals surface area contributed by atoms with E-state index < -0.39 is 0 Å². The summed E-state index contributed by atoms with van der Waals surface area (Å²) in [6.07, 6.45) is 0. The van der Waals surface area contributed by atoms with Crippen molar-refractivity contribution in [1.82, 2.24) is 0 Å². The molecule has 0 heterocycles. The van der Waals surface area contributed by atoms with Crippen LogP contribution < -0.4 is 0 Å². The summed E-state index contributed by atoms with van der Waals surface area (Å²) < 4.78 is 0. The summed E-state index contributed by atoms with van der Waals surface area (Å²) >= 11 is 5.87. The third-order valence-corrected chi connectivity index (χ3v) is 2.71. The van der Waals surface area contributed by atoms with Gasteiger partial charge in [0.1, 0.15) is 5.75 Å². The van der Waals surface area contributed by atoms with E-state index in [0.29, 0.717) is 5.02 Å². The molecule has 1 N–H and O–H groups in total. The number of phenolic OH excluding ortho intramolecular Hbond substituents is 1. The fourth-order valence-corrected chi connectivity index (χ4v) is 1.75. The maximum Gasteiger partial charge on any atom is 0.134 e. The SMILES string of the molecule is Cc1ccccc1-c1ccc(O)c(Cl)c1. The highest BCUT2D eigenvalue weighted by Gasteiger charge is 2.03. The minimum Gasteiger partial charge on any atom is -0.506 e. The van der Waals surface area contributed by atoms with E-state index in [1.54, 1.807) is 12.1 Å². The largest absolute Gasteiger partial charge is 0.506 e. The van der Waals surface area contributed by atoms with Crippen LogP contribution >= 0.6 is 11.6 Å². The molecule has 0 amide bonds. The highest BCUT2D eigenvalue weighted by molar-refractivity contribution is 6.32. The van der Waals surface area contributed by atoms with Crippen molar-refractivity contribution in [3.05, 3.63) is 53.1 Å². The average Bonchev–Trinajstić information content (AvgIpc) is 2.23. The summed E-state index contributed by atoms with van der Waals surface area (Å²) in [6.45, 7) is 2.05. The number of benzene rings is 2. The Morgan fingerprint density at radius 3 is 2.47 bits per heavy atom. The molecule has 0 atom stereocenters. The van der Waals surface area contributed by atoms with Gasteiger partial charge in [0, 0.05) is 0 Å². The van der Waals surface area contributed by atoms with Crippen LogP contribution in [-0.4, -0.2) is 5.11 Å². The van der Waals surface area contributed by atoms with Crippen LogP contribution in [0.2, 0.25) is 5.02 Å². The van der Waals surface area contributed by atoms with E-state index in [0.717, 1.165) is 11.1 Å². The van der Waals surface area contributed by atoms with Gasteiger partial charge in [-0.3, -0.25) is 0 Å². The molecule has 0 spiro atoms. The Kier molecular flexibility index (Phi) is 2.65. The van der Waals surface area contributed by atoms with E-state index in [4.69, 9.17) is 11.6 Å². The van der Waals surface area contributed by atoms with Crippen molar-refractivity contribution in [2.75, 3.05) is 0 Å². The van der Waals surface area contributed by atoms with Crippen LogP contribution in [0.3, 0.4) is 0 Å². The van der Waals surface area contributed by atoms with Crippen LogP contribution in [0.25, 0.3) is 11.1 Å². The van der Waals surface area contributed by atoms with E-state index in [-0.39, 0.29) is 5.75 Å². The van der Waals surface area contributed by atoms with Crippen LogP contribution in [0.4, 0.5) is 0 Å². The molecule has 76 valence electrons. The minimum atomic E-state index is 0.119. The van der Waals surface area contributed by atoms with Crippen LogP contribution in [0.15, 0.2) is 42.5 Å². The average molecular weight is 219 g/mol. The number of rotatable bonds is 1. The van der Waals surface area contributed by atoms with Crippen molar-refractivity contribution in [3.63, 3.8) is 0 Å². The molecule has 2 aromatic rings. The monoisotopic (exact) mass is 218 g/mol. The summed E-state index contributed by atoms with van der Waals surface area (Å²) in [4.78, 5) is 0. The molecule has 0 saturated heterocycles. The topological polar surface area (TPSA) is 20.2 Å². The number of phenols is 1. The van der Waals surface area contributed by atoms with E-state index in [1.807, 2.05) is 24.3 Å². The number of hydrogen-bond donors (Lipinski definition) is 1. The molecular formula is C13H11ClO. The van der Waals surface area contributed by atoms with Crippen molar-refractivity contribution in [2.45, 2.75) is 6.92 Å². The summed E-state index contributed by atoms with van der Waals surface area (Å²) in [5, 5.41) is 9.71. The van der Waals surface area contributed by atoms with E-state index in [9.17, 15) is 5.11 Å². The Morgan fingerprint density at radius 2 is 1.80 bits per heavy atom. The standard InChI is InChI=1S/C13H11ClO/c1-9-4-2-3-5-11(9)10-6-7-13(15)12(14)8-10/h2-8,15H,1H3. The zero-order chi connectivity index (χ0) is 10.8. The quantitative estimate of drug-likeness (QED) is 0.767. The Morgan fingerprint density at radius 1 is 1.07 bits per heavy atom. The molecule has 2 aromatic carbocycles. The van der Waals surface area contributed by atoms with Gasteiger partial charge in [-0.05, 0) is 35.7 Å². The van der Waals surface area contributed by atoms with E-state index in [1.165, 1.54) is 5.56 Å². The lowest BCUT2D eigenvalue weighted by atomic mass is 10.0. The molecule has 0 bridgehead atoms. The number of halogens is 1. The highest BCUT2D eigenvalue weighted by atomic mass is 35.5. The first-order valence-electron chi connectivity index (χ1n) is 4.73. The van der Waals surface area contributed by atoms with Crippen molar-refractivity contribution in [3.8, 4) is 16.9 Å². The Labute approximate surface area is 94.0 Å². The predicted molar refractivity (Wildman–Crippen MR) is 63.3 cm³/mol. The molecule has 0 saturated carbocycles. The first-order chi connectivity index (χ1) is 7.18. The summed E-state index contributed by atoms with van der Waals surface area (Å²) in [5.74, 6) is 0.119. The van der Waals surface area contributed by atoms with Crippen LogP contribution in [-0.2, 0) is 0 Å². The van der Waals surface area contributed by atoms with Gasteiger partial charge < -0.3 is 5.11 Å². The van der Waals surface area contributed by atoms with Gasteiger partial charge >= 0.3 is 0 Å². The number of aryl methyl sites for hydroxylation is 1. The van der Waals surface area contributed by atoms with Crippen molar-refractivity contribution < 1.29 is 5.11 Å². The second-order valence-corrected chi connectivity index (χ2v) is 3.89. The first kappa shape index (κ1) is 10.1. The van der Waals surface area contributed by atoms with E-state index >= 15 is 0 Å². The molecule has 0 aromatic heterocycles. The zero-order valence-corrected chi connectivity index (χ0v) is 9.12. The van der Waals surface area contributed by atoms with Gasteiger partial charge in [0.15, 0.2) is 0 Å². The van der Waals surface area contributed by atoms with Gasteiger partial charge in [-0.15, -0.1) is 0 Å². The molecule has 0 aliphatic rings. The molecule has 2 heteroatoms. The molecule has 0 unspecified atom stereocenters. The Bertz CT molecular complexity index is 492. The minimum absolute atomic E-state index is 0.119. The lowest BCUT2D eigenvalue weighted by molar-refractivity contribution is 0.475. The van der Waals surface area contributed by atoms with Gasteiger partial charge in [0.25, 0.3) is 0 Å². The lowest BCUT2D eigenvalue weighted by Crippen LogP contribution is -1.82. The van der Waals surface area contributed by atoms with Crippen LogP contribution in [0.5, 0.6) is 5.75 Å². The van der Waals surface area contributed by atoms with Crippen molar-refractivity contribution in [1.29, 1.82) is 0 Å². The summed E-state index contributed by atoms with van der Waals surface area (Å²) in [6, 6.07) is 13.3. The number of hydrogen-bond acceptors (Lipinski definition) is 1. The Hall–Kier alpha value is -1.47. The van der Waals surface area contributed by atoms with Crippen LogP contribution in [0.1, 0.15) is 5.56 Å². The fourth-order valence-electron chi connectivity index (χ4n) is 1.57. The molecule has 0 radical (unpaired) electrons. The molecule has 2 rings (SSSR count). The number of aromatic hydroxyl groups is 1. The van der Waals surface area contributed by atoms with Gasteiger partial charge in [0.05, 0.1) is 5.02 Å². The van der Waals surface area contributed by atoms with Gasteiger partial charge in [0.2, 0.25) is 0 Å². The molecular weight excluding hydrogens is 208 g/mol. The second-order valence-electron chi connectivity index (χ2n) is 3.48. The van der Waals surface area contributed by atoms with Gasteiger partial charge in [-0.2, -0.15) is 0 Å². The molecule has 15 heavy (non-hydrogen) atoms. The van der Waals surface area contributed by atoms with Crippen molar-refractivity contribution in [2.24, 2.45) is 0 Å². The summed E-state index contributed by atoms with van der Waals surface area (Å²) in [7, 11) is 0. The molecule has 0 aliphatic carbocycles. The fraction of sp³-hybridized carbons (Fsp3) is 0.0769. The molecule has 0 aliphatic heterocycles. The van der Waals surface area contributed by atoms with Crippen molar-refractivity contribution >= 4 is 11.6 Å².